The molecule has 0 radical (unpaired) electrons. The third-order valence-corrected chi connectivity index (χ3v) is 3.74. The zero-order chi connectivity index (χ0) is 19.8. The van der Waals surface area contributed by atoms with E-state index < -0.39 is 11.8 Å². The van der Waals surface area contributed by atoms with Crippen molar-refractivity contribution in [3.63, 3.8) is 0 Å². The molecule has 3 rings (SSSR count). The third-order valence-electron chi connectivity index (χ3n) is 3.74. The predicted molar refractivity (Wildman–Crippen MR) is 106 cm³/mol. The minimum absolute atomic E-state index is 0.0913. The molecule has 7 nitrogen and oxygen atoms in total. The van der Waals surface area contributed by atoms with E-state index in [9.17, 15) is 9.59 Å². The molecule has 0 saturated carbocycles. The summed E-state index contributed by atoms with van der Waals surface area (Å²) in [6.07, 6.45) is 1.57. The van der Waals surface area contributed by atoms with E-state index in [2.05, 4.69) is 15.6 Å². The molecule has 0 saturated heterocycles. The SMILES string of the molecule is COc1cccc(N=Cc2ccc(CNC(=O)C(=O)Nc3ccccc3)o2)c1. The summed E-state index contributed by atoms with van der Waals surface area (Å²) < 4.78 is 10.7. The van der Waals surface area contributed by atoms with Crippen LogP contribution >= 0.6 is 0 Å². The van der Waals surface area contributed by atoms with E-state index in [1.165, 1.54) is 0 Å². The van der Waals surface area contributed by atoms with Crippen LogP contribution in [0.15, 0.2) is 76.1 Å². The molecule has 3 aromatic rings. The molecule has 0 aliphatic carbocycles. The summed E-state index contributed by atoms with van der Waals surface area (Å²) in [7, 11) is 1.59. The molecule has 0 spiro atoms. The highest BCUT2D eigenvalue weighted by Crippen LogP contribution is 2.19. The Morgan fingerprint density at radius 1 is 1.04 bits per heavy atom. The summed E-state index contributed by atoms with van der Waals surface area (Å²) >= 11 is 0. The second kappa shape index (κ2) is 9.18. The van der Waals surface area contributed by atoms with E-state index >= 15 is 0 Å². The molecule has 1 heterocycles. The minimum Gasteiger partial charge on any atom is -0.497 e. The minimum atomic E-state index is -0.744. The van der Waals surface area contributed by atoms with Crippen LogP contribution < -0.4 is 15.4 Å². The zero-order valence-corrected chi connectivity index (χ0v) is 15.2. The van der Waals surface area contributed by atoms with E-state index in [-0.39, 0.29) is 6.54 Å². The van der Waals surface area contributed by atoms with Crippen molar-refractivity contribution in [3.05, 3.63) is 78.3 Å². The molecule has 7 heteroatoms. The Balaban J connectivity index is 1.52. The number of carbonyl (C=O) groups excluding carboxylic acids is 2. The van der Waals surface area contributed by atoms with E-state index in [0.717, 1.165) is 5.69 Å². The van der Waals surface area contributed by atoms with Gasteiger partial charge in [-0.3, -0.25) is 14.6 Å². The Morgan fingerprint density at radius 3 is 2.64 bits per heavy atom. The molecule has 0 aliphatic heterocycles. The maximum Gasteiger partial charge on any atom is 0.313 e. The monoisotopic (exact) mass is 377 g/mol. The van der Waals surface area contributed by atoms with Crippen molar-refractivity contribution in [2.45, 2.75) is 6.54 Å². The van der Waals surface area contributed by atoms with Gasteiger partial charge in [0.2, 0.25) is 0 Å². The van der Waals surface area contributed by atoms with Gasteiger partial charge >= 0.3 is 11.8 Å². The summed E-state index contributed by atoms with van der Waals surface area (Å²) in [5.74, 6) is 0.268. The third kappa shape index (κ3) is 5.31. The maximum atomic E-state index is 11.9. The van der Waals surface area contributed by atoms with Crippen LogP contribution in [-0.4, -0.2) is 25.1 Å². The highest BCUT2D eigenvalue weighted by Gasteiger charge is 2.14. The normalized spacial score (nSPS) is 10.6. The van der Waals surface area contributed by atoms with Gasteiger partial charge in [0, 0.05) is 11.8 Å². The lowest BCUT2D eigenvalue weighted by atomic mass is 10.3. The van der Waals surface area contributed by atoms with Crippen molar-refractivity contribution in [2.75, 3.05) is 12.4 Å². The molecule has 1 aromatic heterocycles. The van der Waals surface area contributed by atoms with Gasteiger partial charge in [0.1, 0.15) is 17.3 Å². The molecule has 0 aliphatic rings. The number of benzene rings is 2. The number of amides is 2. The molecular formula is C21H19N3O4. The predicted octanol–water partition coefficient (Wildman–Crippen LogP) is 3.29. The number of hydrogen-bond donors (Lipinski definition) is 2. The van der Waals surface area contributed by atoms with Crippen LogP contribution in [0.4, 0.5) is 11.4 Å². The number of ether oxygens (including phenoxy) is 1. The van der Waals surface area contributed by atoms with Gasteiger partial charge in [-0.1, -0.05) is 24.3 Å². The molecule has 2 amide bonds. The van der Waals surface area contributed by atoms with Crippen LogP contribution in [0, 0.1) is 0 Å². The van der Waals surface area contributed by atoms with Crippen LogP contribution in [0.1, 0.15) is 11.5 Å². The summed E-state index contributed by atoms with van der Waals surface area (Å²) in [5, 5.41) is 5.03. The highest BCUT2D eigenvalue weighted by molar-refractivity contribution is 6.39. The van der Waals surface area contributed by atoms with Gasteiger partial charge in [0.25, 0.3) is 0 Å². The topological polar surface area (TPSA) is 92.9 Å². The number of hydrogen-bond acceptors (Lipinski definition) is 5. The molecule has 0 unspecified atom stereocenters. The van der Waals surface area contributed by atoms with Crippen LogP contribution in [0.3, 0.4) is 0 Å². The van der Waals surface area contributed by atoms with Gasteiger partial charge in [-0.05, 0) is 36.4 Å². The molecule has 0 fully saturated rings. The van der Waals surface area contributed by atoms with E-state index in [4.69, 9.17) is 9.15 Å². The molecule has 0 bridgehead atoms. The van der Waals surface area contributed by atoms with E-state index in [1.807, 2.05) is 24.3 Å². The lowest BCUT2D eigenvalue weighted by Crippen LogP contribution is -2.34. The Bertz CT molecular complexity index is 980. The van der Waals surface area contributed by atoms with Crippen LogP contribution in [0.2, 0.25) is 0 Å². The number of furan rings is 1. The van der Waals surface area contributed by atoms with Crippen molar-refractivity contribution in [1.82, 2.24) is 5.32 Å². The first-order valence-corrected chi connectivity index (χ1v) is 8.55. The van der Waals surface area contributed by atoms with Crippen molar-refractivity contribution in [2.24, 2.45) is 4.99 Å². The summed E-state index contributed by atoms with van der Waals surface area (Å²) in [6, 6.07) is 19.5. The van der Waals surface area contributed by atoms with Gasteiger partial charge in [-0.25, -0.2) is 0 Å². The fourth-order valence-corrected chi connectivity index (χ4v) is 2.34. The van der Waals surface area contributed by atoms with Gasteiger partial charge in [-0.2, -0.15) is 0 Å². The number of methoxy groups -OCH3 is 1. The van der Waals surface area contributed by atoms with Crippen LogP contribution in [0.5, 0.6) is 5.75 Å². The van der Waals surface area contributed by atoms with Crippen molar-refractivity contribution in [1.29, 1.82) is 0 Å². The molecule has 2 N–H and O–H groups in total. The zero-order valence-electron chi connectivity index (χ0n) is 15.2. The quantitative estimate of drug-likeness (QED) is 0.509. The molecule has 0 atom stereocenters. The second-order valence-corrected chi connectivity index (χ2v) is 5.77. The Kier molecular flexibility index (Phi) is 6.20. The first-order chi connectivity index (χ1) is 13.6. The Hall–Kier alpha value is -3.87. The van der Waals surface area contributed by atoms with E-state index in [1.54, 1.807) is 55.8 Å². The molecule has 28 heavy (non-hydrogen) atoms. The van der Waals surface area contributed by atoms with Gasteiger partial charge in [0.05, 0.1) is 25.6 Å². The fraction of sp³-hybridized carbons (Fsp3) is 0.0952. The number of rotatable bonds is 6. The highest BCUT2D eigenvalue weighted by atomic mass is 16.5. The van der Waals surface area contributed by atoms with Crippen LogP contribution in [-0.2, 0) is 16.1 Å². The Labute approximate surface area is 162 Å². The second-order valence-electron chi connectivity index (χ2n) is 5.77. The first kappa shape index (κ1) is 18.9. The van der Waals surface area contributed by atoms with Gasteiger partial charge in [-0.15, -0.1) is 0 Å². The lowest BCUT2D eigenvalue weighted by molar-refractivity contribution is -0.136. The van der Waals surface area contributed by atoms with Crippen molar-refractivity contribution in [3.8, 4) is 5.75 Å². The Morgan fingerprint density at radius 2 is 1.86 bits per heavy atom. The average Bonchev–Trinajstić information content (AvgIpc) is 3.19. The fourth-order valence-electron chi connectivity index (χ4n) is 2.34. The van der Waals surface area contributed by atoms with Crippen molar-refractivity contribution >= 4 is 29.4 Å². The lowest BCUT2D eigenvalue weighted by Gasteiger charge is -2.05. The van der Waals surface area contributed by atoms with Crippen molar-refractivity contribution < 1.29 is 18.7 Å². The number of nitrogens with one attached hydrogen (secondary N) is 2. The summed E-state index contributed by atoms with van der Waals surface area (Å²) in [5.41, 5.74) is 1.28. The first-order valence-electron chi connectivity index (χ1n) is 8.55. The summed E-state index contributed by atoms with van der Waals surface area (Å²) in [6.45, 7) is 0.0913. The molecule has 142 valence electrons. The van der Waals surface area contributed by atoms with E-state index in [0.29, 0.717) is 23.0 Å². The standard InChI is InChI=1S/C21H19N3O4/c1-27-17-9-5-8-16(12-17)22-13-18-10-11-19(28-18)14-23-20(25)21(26)24-15-6-3-2-4-7-15/h2-13H,14H2,1H3,(H,23,25)(H,24,26). The number of nitrogens with zero attached hydrogens (tertiary/aromatic N) is 1. The molecule has 2 aromatic carbocycles. The summed E-state index contributed by atoms with van der Waals surface area (Å²) in [4.78, 5) is 28.1. The number of aliphatic imine (C=N–C) groups is 1. The number of anilines is 1. The number of para-hydroxylation sites is 1. The smallest absolute Gasteiger partial charge is 0.313 e. The number of carbonyl (C=O) groups is 2. The van der Waals surface area contributed by atoms with Gasteiger partial charge < -0.3 is 19.8 Å². The largest absolute Gasteiger partial charge is 0.497 e. The maximum absolute atomic E-state index is 11.9. The van der Waals surface area contributed by atoms with Gasteiger partial charge in [0.15, 0.2) is 0 Å². The van der Waals surface area contributed by atoms with Crippen LogP contribution in [0.25, 0.3) is 0 Å². The molecular weight excluding hydrogens is 358 g/mol. The average molecular weight is 377 g/mol.